The fourth-order valence-electron chi connectivity index (χ4n) is 2.18. The van der Waals surface area contributed by atoms with E-state index in [9.17, 15) is 4.79 Å². The number of carbonyl (C=O) groups excluding carboxylic acids is 1. The van der Waals surface area contributed by atoms with Crippen molar-refractivity contribution in [2.24, 2.45) is 0 Å². The first-order valence-electron chi connectivity index (χ1n) is 6.42. The van der Waals surface area contributed by atoms with E-state index in [0.717, 1.165) is 38.0 Å². The molecular formula is C14H20N2O. The minimum absolute atomic E-state index is 0.130. The van der Waals surface area contributed by atoms with Gasteiger partial charge in [0, 0.05) is 18.7 Å². The Kier molecular flexibility index (Phi) is 4.15. The van der Waals surface area contributed by atoms with E-state index in [0.29, 0.717) is 6.42 Å². The largest absolute Gasteiger partial charge is 0.326 e. The molecule has 1 aromatic rings. The van der Waals surface area contributed by atoms with Crippen LogP contribution in [0.4, 0.5) is 5.69 Å². The zero-order chi connectivity index (χ0) is 12.1. The predicted octanol–water partition coefficient (Wildman–Crippen LogP) is 2.46. The van der Waals surface area contributed by atoms with Crippen LogP contribution in [0.15, 0.2) is 18.2 Å². The van der Waals surface area contributed by atoms with Crippen molar-refractivity contribution < 1.29 is 4.79 Å². The smallest absolute Gasteiger partial charge is 0.224 e. The second-order valence-electron chi connectivity index (χ2n) is 4.52. The highest BCUT2D eigenvalue weighted by Gasteiger charge is 2.13. The summed E-state index contributed by atoms with van der Waals surface area (Å²) in [6, 6.07) is 6.17. The zero-order valence-electron chi connectivity index (χ0n) is 10.4. The minimum atomic E-state index is 0.130. The van der Waals surface area contributed by atoms with E-state index in [1.165, 1.54) is 11.1 Å². The van der Waals surface area contributed by atoms with Crippen molar-refractivity contribution in [2.45, 2.75) is 39.2 Å². The average molecular weight is 232 g/mol. The normalized spacial score (nSPS) is 14.2. The van der Waals surface area contributed by atoms with Gasteiger partial charge in [0.15, 0.2) is 0 Å². The van der Waals surface area contributed by atoms with Crippen molar-refractivity contribution in [1.29, 1.82) is 0 Å². The van der Waals surface area contributed by atoms with E-state index in [2.05, 4.69) is 23.6 Å². The third-order valence-corrected chi connectivity index (χ3v) is 3.18. The summed E-state index contributed by atoms with van der Waals surface area (Å²) >= 11 is 0. The van der Waals surface area contributed by atoms with Crippen LogP contribution in [0.25, 0.3) is 0 Å². The van der Waals surface area contributed by atoms with Crippen LogP contribution >= 0.6 is 0 Å². The van der Waals surface area contributed by atoms with Gasteiger partial charge in [-0.15, -0.1) is 0 Å². The Morgan fingerprint density at radius 3 is 3.18 bits per heavy atom. The van der Waals surface area contributed by atoms with Gasteiger partial charge in [-0.05, 0) is 36.6 Å². The summed E-state index contributed by atoms with van der Waals surface area (Å²) in [6.07, 6.45) is 3.68. The van der Waals surface area contributed by atoms with Gasteiger partial charge in [0.2, 0.25) is 5.91 Å². The molecule has 1 aromatic carbocycles. The van der Waals surface area contributed by atoms with Crippen LogP contribution in [-0.4, -0.2) is 12.5 Å². The Balaban J connectivity index is 2.08. The van der Waals surface area contributed by atoms with E-state index < -0.39 is 0 Å². The molecular weight excluding hydrogens is 212 g/mol. The molecule has 1 amide bonds. The van der Waals surface area contributed by atoms with Crippen molar-refractivity contribution in [3.63, 3.8) is 0 Å². The van der Waals surface area contributed by atoms with Gasteiger partial charge in [0.25, 0.3) is 0 Å². The summed E-state index contributed by atoms with van der Waals surface area (Å²) in [5.41, 5.74) is 3.59. The number of hydrogen-bond donors (Lipinski definition) is 2. The van der Waals surface area contributed by atoms with Crippen molar-refractivity contribution in [2.75, 3.05) is 11.9 Å². The van der Waals surface area contributed by atoms with E-state index in [1.807, 2.05) is 12.1 Å². The molecule has 2 N–H and O–H groups in total. The highest BCUT2D eigenvalue weighted by molar-refractivity contribution is 5.91. The molecule has 17 heavy (non-hydrogen) atoms. The Hall–Kier alpha value is -1.35. The molecule has 3 heteroatoms. The van der Waals surface area contributed by atoms with Gasteiger partial charge >= 0.3 is 0 Å². The molecule has 92 valence electrons. The highest BCUT2D eigenvalue weighted by atomic mass is 16.1. The van der Waals surface area contributed by atoms with Crippen molar-refractivity contribution in [3.8, 4) is 0 Å². The molecule has 2 rings (SSSR count). The predicted molar refractivity (Wildman–Crippen MR) is 70.0 cm³/mol. The standard InChI is InChI=1S/C14H20N2O/c1-2-3-7-14(17)16-13-6-4-5-11-8-9-15-10-12(11)13/h4-6,15H,2-3,7-10H2,1H3,(H,16,17). The van der Waals surface area contributed by atoms with Gasteiger partial charge in [0.05, 0.1) is 0 Å². The molecule has 0 fully saturated rings. The third kappa shape index (κ3) is 3.07. The number of nitrogens with one attached hydrogen (secondary N) is 2. The third-order valence-electron chi connectivity index (χ3n) is 3.18. The van der Waals surface area contributed by atoms with Gasteiger partial charge < -0.3 is 10.6 Å². The fraction of sp³-hybridized carbons (Fsp3) is 0.500. The molecule has 1 aliphatic heterocycles. The summed E-state index contributed by atoms with van der Waals surface area (Å²) < 4.78 is 0. The molecule has 1 aliphatic rings. The first-order chi connectivity index (χ1) is 8.31. The lowest BCUT2D eigenvalue weighted by Gasteiger charge is -2.20. The maximum absolute atomic E-state index is 11.7. The summed E-state index contributed by atoms with van der Waals surface area (Å²) in [4.78, 5) is 11.7. The van der Waals surface area contributed by atoms with Crippen LogP contribution in [0, 0.1) is 0 Å². The number of benzene rings is 1. The molecule has 0 bridgehead atoms. The SMILES string of the molecule is CCCCC(=O)Nc1cccc2c1CNCC2. The number of fused-ring (bicyclic) bond motifs is 1. The minimum Gasteiger partial charge on any atom is -0.326 e. The van der Waals surface area contributed by atoms with E-state index in [4.69, 9.17) is 0 Å². The lowest BCUT2D eigenvalue weighted by Crippen LogP contribution is -2.25. The van der Waals surface area contributed by atoms with Crippen LogP contribution in [0.5, 0.6) is 0 Å². The van der Waals surface area contributed by atoms with Crippen molar-refractivity contribution >= 4 is 11.6 Å². The highest BCUT2D eigenvalue weighted by Crippen LogP contribution is 2.23. The summed E-state index contributed by atoms with van der Waals surface area (Å²) in [5.74, 6) is 0.130. The summed E-state index contributed by atoms with van der Waals surface area (Å²) in [5, 5.41) is 6.37. The summed E-state index contributed by atoms with van der Waals surface area (Å²) in [7, 11) is 0. The quantitative estimate of drug-likeness (QED) is 0.837. The van der Waals surface area contributed by atoms with Crippen LogP contribution in [0.2, 0.25) is 0 Å². The van der Waals surface area contributed by atoms with Crippen LogP contribution in [0.1, 0.15) is 37.3 Å². The maximum Gasteiger partial charge on any atom is 0.224 e. The van der Waals surface area contributed by atoms with Gasteiger partial charge in [-0.2, -0.15) is 0 Å². The molecule has 0 aliphatic carbocycles. The lowest BCUT2D eigenvalue weighted by atomic mass is 9.99. The molecule has 0 aromatic heterocycles. The molecule has 0 saturated heterocycles. The molecule has 1 heterocycles. The number of anilines is 1. The number of carbonyl (C=O) groups is 1. The second kappa shape index (κ2) is 5.82. The zero-order valence-corrected chi connectivity index (χ0v) is 10.4. The molecule has 3 nitrogen and oxygen atoms in total. The van der Waals surface area contributed by atoms with Crippen molar-refractivity contribution in [1.82, 2.24) is 5.32 Å². The average Bonchev–Trinajstić information content (AvgIpc) is 2.37. The topological polar surface area (TPSA) is 41.1 Å². The van der Waals surface area contributed by atoms with Gasteiger partial charge in [-0.25, -0.2) is 0 Å². The number of hydrogen-bond acceptors (Lipinski definition) is 2. The maximum atomic E-state index is 11.7. The Labute approximate surface area is 103 Å². The molecule has 0 spiro atoms. The molecule has 0 unspecified atom stereocenters. The van der Waals surface area contributed by atoms with Crippen LogP contribution in [0.3, 0.4) is 0 Å². The van der Waals surface area contributed by atoms with E-state index in [-0.39, 0.29) is 5.91 Å². The van der Waals surface area contributed by atoms with E-state index in [1.54, 1.807) is 0 Å². The number of amides is 1. The number of unbranched alkanes of at least 4 members (excludes halogenated alkanes) is 1. The van der Waals surface area contributed by atoms with E-state index >= 15 is 0 Å². The first kappa shape index (κ1) is 12.1. The van der Waals surface area contributed by atoms with Crippen molar-refractivity contribution in [3.05, 3.63) is 29.3 Å². The lowest BCUT2D eigenvalue weighted by molar-refractivity contribution is -0.116. The molecule has 0 saturated carbocycles. The molecule has 0 atom stereocenters. The summed E-state index contributed by atoms with van der Waals surface area (Å²) in [6.45, 7) is 3.99. The second-order valence-corrected chi connectivity index (χ2v) is 4.52. The molecule has 0 radical (unpaired) electrons. The van der Waals surface area contributed by atoms with Crippen LogP contribution < -0.4 is 10.6 Å². The monoisotopic (exact) mass is 232 g/mol. The Morgan fingerprint density at radius 2 is 2.35 bits per heavy atom. The van der Waals surface area contributed by atoms with Gasteiger partial charge in [-0.3, -0.25) is 4.79 Å². The Morgan fingerprint density at radius 1 is 1.47 bits per heavy atom. The first-order valence-corrected chi connectivity index (χ1v) is 6.42. The van der Waals surface area contributed by atoms with Gasteiger partial charge in [0.1, 0.15) is 0 Å². The fourth-order valence-corrected chi connectivity index (χ4v) is 2.18. The Bertz CT molecular complexity index is 401. The van der Waals surface area contributed by atoms with Crippen LogP contribution in [-0.2, 0) is 17.8 Å². The number of rotatable bonds is 4. The van der Waals surface area contributed by atoms with Gasteiger partial charge in [-0.1, -0.05) is 25.5 Å².